The highest BCUT2D eigenvalue weighted by molar-refractivity contribution is 7.92. The third-order valence-corrected chi connectivity index (χ3v) is 5.75. The molecule has 7 nitrogen and oxygen atoms in total. The van der Waals surface area contributed by atoms with E-state index in [1.165, 1.54) is 26.2 Å². The molecule has 0 heterocycles. The van der Waals surface area contributed by atoms with Crippen molar-refractivity contribution in [3.8, 4) is 11.5 Å². The maximum Gasteiger partial charge on any atom is 0.243 e. The SMILES string of the molecule is COc1ccc(N([C@@H](C)C(=O)NCCOc2ccc(Cl)cc2)S(C)(=O)=O)cc1Cl. The standard InChI is InChI=1S/C19H22Cl2N2O5S/c1-13(19(24)22-10-11-28-16-7-4-14(20)5-8-16)23(29(3,25)26)15-6-9-18(27-2)17(21)12-15/h4-9,12-13H,10-11H2,1-3H3,(H,22,24)/t13-/m0/s1. The number of ether oxygens (including phenoxy) is 2. The van der Waals surface area contributed by atoms with Crippen molar-refractivity contribution in [1.29, 1.82) is 0 Å². The number of anilines is 1. The summed E-state index contributed by atoms with van der Waals surface area (Å²) < 4.78 is 36.2. The number of nitrogens with zero attached hydrogens (tertiary/aromatic N) is 1. The van der Waals surface area contributed by atoms with Crippen LogP contribution in [-0.2, 0) is 14.8 Å². The molecule has 0 bridgehead atoms. The van der Waals surface area contributed by atoms with Gasteiger partial charge in [0.2, 0.25) is 15.9 Å². The lowest BCUT2D eigenvalue weighted by Crippen LogP contribution is -2.48. The molecule has 0 radical (unpaired) electrons. The molecule has 2 aromatic rings. The minimum atomic E-state index is -3.75. The van der Waals surface area contributed by atoms with Crippen molar-refractivity contribution in [3.05, 3.63) is 52.5 Å². The summed E-state index contributed by atoms with van der Waals surface area (Å²) in [6, 6.07) is 10.3. The number of carbonyl (C=O) groups excluding carboxylic acids is 1. The van der Waals surface area contributed by atoms with E-state index in [4.69, 9.17) is 32.7 Å². The molecule has 0 aromatic heterocycles. The Kier molecular flexibility index (Phi) is 8.01. The quantitative estimate of drug-likeness (QED) is 0.579. The zero-order valence-corrected chi connectivity index (χ0v) is 18.5. The summed E-state index contributed by atoms with van der Waals surface area (Å²) in [5, 5.41) is 3.50. The van der Waals surface area contributed by atoms with Gasteiger partial charge in [-0.25, -0.2) is 8.42 Å². The van der Waals surface area contributed by atoms with Gasteiger partial charge in [0.1, 0.15) is 24.1 Å². The van der Waals surface area contributed by atoms with Gasteiger partial charge >= 0.3 is 0 Å². The van der Waals surface area contributed by atoms with Gasteiger partial charge in [-0.2, -0.15) is 0 Å². The summed E-state index contributed by atoms with van der Waals surface area (Å²) >= 11 is 11.9. The van der Waals surface area contributed by atoms with Crippen LogP contribution in [0.4, 0.5) is 5.69 Å². The minimum Gasteiger partial charge on any atom is -0.495 e. The Morgan fingerprint density at radius 1 is 1.17 bits per heavy atom. The van der Waals surface area contributed by atoms with Gasteiger partial charge in [0, 0.05) is 5.02 Å². The summed E-state index contributed by atoms with van der Waals surface area (Å²) in [5.41, 5.74) is 0.262. The minimum absolute atomic E-state index is 0.201. The number of nitrogens with one attached hydrogen (secondary N) is 1. The number of hydrogen-bond donors (Lipinski definition) is 1. The van der Waals surface area contributed by atoms with Crippen LogP contribution >= 0.6 is 23.2 Å². The molecule has 0 saturated heterocycles. The molecule has 1 N–H and O–H groups in total. The number of sulfonamides is 1. The van der Waals surface area contributed by atoms with Crippen molar-refractivity contribution in [2.75, 3.05) is 30.8 Å². The molecule has 1 atom stereocenters. The van der Waals surface area contributed by atoms with E-state index in [0.29, 0.717) is 16.5 Å². The Morgan fingerprint density at radius 2 is 1.83 bits per heavy atom. The fourth-order valence-electron chi connectivity index (χ4n) is 2.62. The number of halogens is 2. The van der Waals surface area contributed by atoms with Crippen molar-refractivity contribution in [2.24, 2.45) is 0 Å². The number of benzene rings is 2. The van der Waals surface area contributed by atoms with Crippen molar-refractivity contribution in [2.45, 2.75) is 13.0 Å². The van der Waals surface area contributed by atoms with Gasteiger partial charge < -0.3 is 14.8 Å². The first-order valence-corrected chi connectivity index (χ1v) is 11.2. The van der Waals surface area contributed by atoms with E-state index in [2.05, 4.69) is 5.32 Å². The van der Waals surface area contributed by atoms with Gasteiger partial charge in [-0.1, -0.05) is 23.2 Å². The van der Waals surface area contributed by atoms with Crippen LogP contribution in [0.2, 0.25) is 10.0 Å². The van der Waals surface area contributed by atoms with Crippen molar-refractivity contribution < 1.29 is 22.7 Å². The van der Waals surface area contributed by atoms with E-state index in [1.807, 2.05) is 0 Å². The highest BCUT2D eigenvalue weighted by atomic mass is 35.5. The smallest absolute Gasteiger partial charge is 0.243 e. The predicted molar refractivity (Wildman–Crippen MR) is 115 cm³/mol. The third-order valence-electron chi connectivity index (χ3n) is 3.96. The zero-order chi connectivity index (χ0) is 21.6. The molecule has 10 heteroatoms. The molecule has 2 aromatic carbocycles. The van der Waals surface area contributed by atoms with Crippen LogP contribution < -0.4 is 19.1 Å². The lowest BCUT2D eigenvalue weighted by Gasteiger charge is -2.28. The summed E-state index contributed by atoms with van der Waals surface area (Å²) in [7, 11) is -2.29. The Morgan fingerprint density at radius 3 is 2.38 bits per heavy atom. The lowest BCUT2D eigenvalue weighted by atomic mass is 10.2. The van der Waals surface area contributed by atoms with Crippen LogP contribution in [0.25, 0.3) is 0 Å². The molecule has 0 aliphatic heterocycles. The molecule has 0 spiro atoms. The van der Waals surface area contributed by atoms with E-state index < -0.39 is 22.0 Å². The Bertz CT molecular complexity index is 952. The van der Waals surface area contributed by atoms with E-state index in [-0.39, 0.29) is 23.9 Å². The summed E-state index contributed by atoms with van der Waals surface area (Å²) in [6.45, 7) is 1.91. The average Bonchev–Trinajstić information content (AvgIpc) is 2.65. The second-order valence-electron chi connectivity index (χ2n) is 6.15. The third kappa shape index (κ3) is 6.42. The first-order chi connectivity index (χ1) is 13.6. The molecular formula is C19H22Cl2N2O5S. The fourth-order valence-corrected chi connectivity index (χ4v) is 4.17. The van der Waals surface area contributed by atoms with Crippen LogP contribution in [0, 0.1) is 0 Å². The maximum atomic E-state index is 12.5. The number of methoxy groups -OCH3 is 1. The van der Waals surface area contributed by atoms with Gasteiger partial charge in [-0.15, -0.1) is 0 Å². The molecule has 1 amide bonds. The molecule has 158 valence electrons. The molecule has 2 rings (SSSR count). The van der Waals surface area contributed by atoms with Crippen LogP contribution in [0.5, 0.6) is 11.5 Å². The van der Waals surface area contributed by atoms with Crippen LogP contribution in [0.1, 0.15) is 6.92 Å². The zero-order valence-electron chi connectivity index (χ0n) is 16.2. The lowest BCUT2D eigenvalue weighted by molar-refractivity contribution is -0.121. The van der Waals surface area contributed by atoms with E-state index >= 15 is 0 Å². The number of amides is 1. The number of carbonyl (C=O) groups is 1. The monoisotopic (exact) mass is 460 g/mol. The second-order valence-corrected chi connectivity index (χ2v) is 8.85. The van der Waals surface area contributed by atoms with Gasteiger partial charge in [-0.05, 0) is 49.4 Å². The van der Waals surface area contributed by atoms with Crippen molar-refractivity contribution in [1.82, 2.24) is 5.32 Å². The Labute approximate surface area is 180 Å². The summed E-state index contributed by atoms with van der Waals surface area (Å²) in [6.07, 6.45) is 1.03. The molecule has 0 unspecified atom stereocenters. The van der Waals surface area contributed by atoms with Gasteiger partial charge in [0.15, 0.2) is 0 Å². The van der Waals surface area contributed by atoms with Gasteiger partial charge in [-0.3, -0.25) is 9.10 Å². The first kappa shape index (κ1) is 23.1. The van der Waals surface area contributed by atoms with Gasteiger partial charge in [0.25, 0.3) is 0 Å². The maximum absolute atomic E-state index is 12.5. The van der Waals surface area contributed by atoms with Crippen LogP contribution in [0.15, 0.2) is 42.5 Å². The molecule has 0 aliphatic rings. The van der Waals surface area contributed by atoms with E-state index in [1.54, 1.807) is 30.3 Å². The molecule has 0 fully saturated rings. The van der Waals surface area contributed by atoms with E-state index in [9.17, 15) is 13.2 Å². The summed E-state index contributed by atoms with van der Waals surface area (Å²) in [5.74, 6) is 0.546. The highest BCUT2D eigenvalue weighted by Crippen LogP contribution is 2.31. The Hall–Kier alpha value is -2.16. The number of rotatable bonds is 9. The highest BCUT2D eigenvalue weighted by Gasteiger charge is 2.29. The molecule has 29 heavy (non-hydrogen) atoms. The second kappa shape index (κ2) is 10.0. The first-order valence-electron chi connectivity index (χ1n) is 8.62. The van der Waals surface area contributed by atoms with Crippen molar-refractivity contribution >= 4 is 44.8 Å². The molecular weight excluding hydrogens is 439 g/mol. The molecule has 0 saturated carbocycles. The van der Waals surface area contributed by atoms with Crippen LogP contribution in [-0.4, -0.2) is 46.9 Å². The predicted octanol–water partition coefficient (Wildman–Crippen LogP) is 3.35. The Balaban J connectivity index is 2.03. The molecule has 0 aliphatic carbocycles. The largest absolute Gasteiger partial charge is 0.495 e. The van der Waals surface area contributed by atoms with Gasteiger partial charge in [0.05, 0.1) is 30.6 Å². The van der Waals surface area contributed by atoms with Crippen molar-refractivity contribution in [3.63, 3.8) is 0 Å². The fraction of sp³-hybridized carbons (Fsp3) is 0.316. The average molecular weight is 461 g/mol. The topological polar surface area (TPSA) is 84.9 Å². The normalized spacial score (nSPS) is 12.2. The van der Waals surface area contributed by atoms with E-state index in [0.717, 1.165) is 10.6 Å². The number of hydrogen-bond acceptors (Lipinski definition) is 5. The van der Waals surface area contributed by atoms with Crippen LogP contribution in [0.3, 0.4) is 0 Å². The summed E-state index contributed by atoms with van der Waals surface area (Å²) in [4.78, 5) is 12.5.